The van der Waals surface area contributed by atoms with E-state index >= 15 is 0 Å². The standard InChI is InChI=1S/C27H42O4/c1-24(2,30)21(29)8-6-7-16-9-10-19-25(16,3)14-12-20-26(4)13-11-17(28)15-18(26)22-23(31-22)27(19,20)5/h15-16,19-23,29-30H,6-14H2,1-5H3/t16-,19?,20?,21?,22?,23?,25+,26?,27-/m0/s1. The van der Waals surface area contributed by atoms with Gasteiger partial charge in [0.15, 0.2) is 5.78 Å². The number of carbonyl (C=O) groups excluding carboxylic acids is 1. The summed E-state index contributed by atoms with van der Waals surface area (Å²) in [4.78, 5) is 12.2. The van der Waals surface area contributed by atoms with E-state index in [1.807, 2.05) is 6.08 Å². The number of ether oxygens (including phenoxy) is 1. The molecule has 5 rings (SSSR count). The summed E-state index contributed by atoms with van der Waals surface area (Å²) in [5, 5.41) is 20.3. The highest BCUT2D eigenvalue weighted by Gasteiger charge is 2.74. The Labute approximate surface area is 187 Å². The van der Waals surface area contributed by atoms with Crippen molar-refractivity contribution >= 4 is 5.78 Å². The molecule has 1 aliphatic heterocycles. The molecule has 0 bridgehead atoms. The van der Waals surface area contributed by atoms with Crippen molar-refractivity contribution in [2.45, 2.75) is 116 Å². The number of hydrogen-bond acceptors (Lipinski definition) is 4. The summed E-state index contributed by atoms with van der Waals surface area (Å²) >= 11 is 0. The van der Waals surface area contributed by atoms with Crippen molar-refractivity contribution in [1.29, 1.82) is 0 Å². The summed E-state index contributed by atoms with van der Waals surface area (Å²) in [5.41, 5.74) is 0.955. The van der Waals surface area contributed by atoms with Gasteiger partial charge in [0.25, 0.3) is 0 Å². The largest absolute Gasteiger partial charge is 0.390 e. The Morgan fingerprint density at radius 1 is 1.16 bits per heavy atom. The molecule has 4 heteroatoms. The highest BCUT2D eigenvalue weighted by Crippen LogP contribution is 2.75. The monoisotopic (exact) mass is 430 g/mol. The molecule has 0 radical (unpaired) electrons. The molecule has 1 saturated heterocycles. The summed E-state index contributed by atoms with van der Waals surface area (Å²) in [7, 11) is 0. The molecule has 6 unspecified atom stereocenters. The molecule has 1 heterocycles. The first kappa shape index (κ1) is 22.1. The van der Waals surface area contributed by atoms with Crippen LogP contribution in [0, 0.1) is 34.0 Å². The quantitative estimate of drug-likeness (QED) is 0.614. The van der Waals surface area contributed by atoms with Crippen LogP contribution in [0.25, 0.3) is 0 Å². The Morgan fingerprint density at radius 3 is 2.61 bits per heavy atom. The number of epoxide rings is 1. The molecule has 9 atom stereocenters. The van der Waals surface area contributed by atoms with Crippen LogP contribution in [-0.4, -0.2) is 39.9 Å². The maximum atomic E-state index is 12.2. The minimum Gasteiger partial charge on any atom is -0.390 e. The fourth-order valence-electron chi connectivity index (χ4n) is 9.05. The summed E-state index contributed by atoms with van der Waals surface area (Å²) < 4.78 is 6.39. The maximum absolute atomic E-state index is 12.2. The molecule has 4 fully saturated rings. The number of fused-ring (bicyclic) bond motifs is 8. The topological polar surface area (TPSA) is 70.1 Å². The van der Waals surface area contributed by atoms with Crippen molar-refractivity contribution in [3.05, 3.63) is 11.6 Å². The van der Waals surface area contributed by atoms with Crippen molar-refractivity contribution in [2.75, 3.05) is 0 Å². The predicted molar refractivity (Wildman–Crippen MR) is 120 cm³/mol. The maximum Gasteiger partial charge on any atom is 0.155 e. The zero-order valence-electron chi connectivity index (χ0n) is 20.1. The van der Waals surface area contributed by atoms with E-state index in [9.17, 15) is 15.0 Å². The molecule has 0 amide bonds. The van der Waals surface area contributed by atoms with E-state index in [2.05, 4.69) is 20.8 Å². The molecule has 5 aliphatic rings. The third-order valence-electron chi connectivity index (χ3n) is 10.9. The minimum absolute atomic E-state index is 0.122. The number of carbonyl (C=O) groups is 1. The lowest BCUT2D eigenvalue weighted by Gasteiger charge is -2.62. The van der Waals surface area contributed by atoms with Gasteiger partial charge in [-0.25, -0.2) is 0 Å². The zero-order valence-corrected chi connectivity index (χ0v) is 20.1. The van der Waals surface area contributed by atoms with Gasteiger partial charge in [-0.1, -0.05) is 27.2 Å². The summed E-state index contributed by atoms with van der Waals surface area (Å²) in [6, 6.07) is 0. The van der Waals surface area contributed by atoms with Crippen molar-refractivity contribution in [1.82, 2.24) is 0 Å². The average Bonchev–Trinajstić information content (AvgIpc) is 3.41. The first-order valence-electron chi connectivity index (χ1n) is 12.7. The van der Waals surface area contributed by atoms with E-state index in [4.69, 9.17) is 4.74 Å². The van der Waals surface area contributed by atoms with Gasteiger partial charge >= 0.3 is 0 Å². The van der Waals surface area contributed by atoms with Gasteiger partial charge in [-0.3, -0.25) is 4.79 Å². The summed E-state index contributed by atoms with van der Waals surface area (Å²) in [6.45, 7) is 10.9. The lowest BCUT2D eigenvalue weighted by molar-refractivity contribution is -0.125. The van der Waals surface area contributed by atoms with Crippen molar-refractivity contribution in [3.63, 3.8) is 0 Å². The highest BCUT2D eigenvalue weighted by atomic mass is 16.6. The highest BCUT2D eigenvalue weighted by molar-refractivity contribution is 5.92. The van der Waals surface area contributed by atoms with Crippen LogP contribution >= 0.6 is 0 Å². The fraction of sp³-hybridized carbons (Fsp3) is 0.889. The van der Waals surface area contributed by atoms with Crippen LogP contribution in [0.2, 0.25) is 0 Å². The molecule has 31 heavy (non-hydrogen) atoms. The lowest BCUT2D eigenvalue weighted by Crippen LogP contribution is -2.59. The Morgan fingerprint density at radius 2 is 1.90 bits per heavy atom. The Hall–Kier alpha value is -0.710. The number of aliphatic hydroxyl groups excluding tert-OH is 1. The number of ketones is 1. The molecule has 3 saturated carbocycles. The first-order chi connectivity index (χ1) is 14.4. The second-order valence-corrected chi connectivity index (χ2v) is 12.9. The van der Waals surface area contributed by atoms with Gasteiger partial charge in [0, 0.05) is 11.8 Å². The number of aliphatic hydroxyl groups is 2. The van der Waals surface area contributed by atoms with Gasteiger partial charge in [-0.2, -0.15) is 0 Å². The molecule has 0 aromatic carbocycles. The Balaban J connectivity index is 1.36. The predicted octanol–water partition coefficient (Wildman–Crippen LogP) is 4.81. The molecule has 2 N–H and O–H groups in total. The van der Waals surface area contributed by atoms with E-state index in [0.717, 1.165) is 19.3 Å². The molecule has 0 aromatic rings. The molecule has 4 nitrogen and oxygen atoms in total. The molecule has 0 spiro atoms. The fourth-order valence-corrected chi connectivity index (χ4v) is 9.05. The van der Waals surface area contributed by atoms with Crippen LogP contribution in [0.5, 0.6) is 0 Å². The molecule has 0 aromatic heterocycles. The molecule has 174 valence electrons. The average molecular weight is 431 g/mol. The van der Waals surface area contributed by atoms with E-state index in [-0.39, 0.29) is 16.9 Å². The first-order valence-corrected chi connectivity index (χ1v) is 12.7. The SMILES string of the molecule is CC(C)(O)C(O)CCC[C@H]1CCC2[C@]3(C)C4OC4C4=CC(=O)CCC4(C)C3CC[C@@]21C. The molecular formula is C27H42O4. The van der Waals surface area contributed by atoms with Crippen molar-refractivity contribution in [2.24, 2.45) is 34.0 Å². The van der Waals surface area contributed by atoms with E-state index in [0.29, 0.717) is 47.9 Å². The number of rotatable bonds is 5. The van der Waals surface area contributed by atoms with Crippen LogP contribution in [0.1, 0.15) is 92.4 Å². The second kappa shape index (κ2) is 6.90. The van der Waals surface area contributed by atoms with E-state index < -0.39 is 11.7 Å². The van der Waals surface area contributed by atoms with Crippen molar-refractivity contribution < 1.29 is 19.7 Å². The van der Waals surface area contributed by atoms with Gasteiger partial charge < -0.3 is 14.9 Å². The van der Waals surface area contributed by atoms with Gasteiger partial charge in [0.05, 0.1) is 17.8 Å². The second-order valence-electron chi connectivity index (χ2n) is 12.9. The van der Waals surface area contributed by atoms with Gasteiger partial charge in [-0.05, 0) is 99.0 Å². The molecular weight excluding hydrogens is 388 g/mol. The smallest absolute Gasteiger partial charge is 0.155 e. The normalized spacial score (nSPS) is 49.5. The Bertz CT molecular complexity index is 796. The third kappa shape index (κ3) is 3.07. The Kier molecular flexibility index (Phi) is 4.92. The zero-order chi connectivity index (χ0) is 22.4. The van der Waals surface area contributed by atoms with Crippen LogP contribution in [0.4, 0.5) is 0 Å². The van der Waals surface area contributed by atoms with Gasteiger partial charge in [0.1, 0.15) is 6.10 Å². The van der Waals surface area contributed by atoms with Gasteiger partial charge in [-0.15, -0.1) is 0 Å². The lowest BCUT2D eigenvalue weighted by atomic mass is 9.41. The number of hydrogen-bond donors (Lipinski definition) is 2. The van der Waals surface area contributed by atoms with E-state index in [1.54, 1.807) is 13.8 Å². The molecule has 4 aliphatic carbocycles. The summed E-state index contributed by atoms with van der Waals surface area (Å²) in [5.74, 6) is 2.27. The van der Waals surface area contributed by atoms with Crippen LogP contribution in [0.3, 0.4) is 0 Å². The van der Waals surface area contributed by atoms with E-state index in [1.165, 1.54) is 31.3 Å². The summed E-state index contributed by atoms with van der Waals surface area (Å²) in [6.07, 6.45) is 11.3. The van der Waals surface area contributed by atoms with Gasteiger partial charge in [0.2, 0.25) is 0 Å². The van der Waals surface area contributed by atoms with Crippen LogP contribution in [0.15, 0.2) is 11.6 Å². The van der Waals surface area contributed by atoms with Crippen LogP contribution in [-0.2, 0) is 9.53 Å². The minimum atomic E-state index is -1.02. The van der Waals surface area contributed by atoms with Crippen molar-refractivity contribution in [3.8, 4) is 0 Å². The third-order valence-corrected chi connectivity index (χ3v) is 10.9. The van der Waals surface area contributed by atoms with Crippen LogP contribution < -0.4 is 0 Å².